The van der Waals surface area contributed by atoms with Crippen LogP contribution in [0.3, 0.4) is 0 Å². The third kappa shape index (κ3) is 7.52. The Morgan fingerprint density at radius 2 is 1.78 bits per heavy atom. The second kappa shape index (κ2) is 9.18. The lowest BCUT2D eigenvalue weighted by Crippen LogP contribution is -2.08. The molecule has 0 aromatic carbocycles. The van der Waals surface area contributed by atoms with Crippen LogP contribution in [0.4, 0.5) is 0 Å². The summed E-state index contributed by atoms with van der Waals surface area (Å²) in [4.78, 5) is 11.3. The van der Waals surface area contributed by atoms with Gasteiger partial charge in [0.1, 0.15) is 0 Å². The van der Waals surface area contributed by atoms with Crippen molar-refractivity contribution in [3.63, 3.8) is 0 Å². The minimum absolute atomic E-state index is 0.214. The minimum atomic E-state index is -0.214. The van der Waals surface area contributed by atoms with Gasteiger partial charge in [-0.2, -0.15) is 0 Å². The molecule has 0 radical (unpaired) electrons. The molecule has 0 saturated heterocycles. The van der Waals surface area contributed by atoms with Crippen LogP contribution in [0.1, 0.15) is 60.3 Å². The molecule has 0 fully saturated rings. The molecule has 0 saturated carbocycles. The molecule has 0 spiro atoms. The SMILES string of the molecule is CCC[C@@H](C)C[C@@H](C)C[C@@H](C)/C=C(\C)C(=O)OC. The van der Waals surface area contributed by atoms with Crippen LogP contribution in [0, 0.1) is 17.8 Å². The fourth-order valence-corrected chi connectivity index (χ4v) is 2.75. The van der Waals surface area contributed by atoms with Crippen molar-refractivity contribution in [1.82, 2.24) is 0 Å². The molecule has 0 bridgehead atoms. The van der Waals surface area contributed by atoms with E-state index < -0.39 is 0 Å². The summed E-state index contributed by atoms with van der Waals surface area (Å²) in [7, 11) is 1.43. The molecular weight excluding hydrogens is 224 g/mol. The van der Waals surface area contributed by atoms with E-state index in [-0.39, 0.29) is 5.97 Å². The second-order valence-electron chi connectivity index (χ2n) is 5.79. The first kappa shape index (κ1) is 17.2. The molecule has 2 nitrogen and oxygen atoms in total. The topological polar surface area (TPSA) is 26.3 Å². The normalized spacial score (nSPS) is 17.1. The summed E-state index contributed by atoms with van der Waals surface area (Å²) in [6.45, 7) is 10.9. The number of carbonyl (C=O) groups excluding carboxylic acids is 1. The van der Waals surface area contributed by atoms with E-state index in [9.17, 15) is 4.79 Å². The summed E-state index contributed by atoms with van der Waals surface area (Å²) in [5.41, 5.74) is 0.721. The molecule has 0 N–H and O–H groups in total. The number of hydrogen-bond acceptors (Lipinski definition) is 2. The molecule has 0 aliphatic carbocycles. The Morgan fingerprint density at radius 1 is 1.17 bits per heavy atom. The van der Waals surface area contributed by atoms with E-state index in [2.05, 4.69) is 27.7 Å². The fourth-order valence-electron chi connectivity index (χ4n) is 2.75. The van der Waals surface area contributed by atoms with Gasteiger partial charge in [0.25, 0.3) is 0 Å². The lowest BCUT2D eigenvalue weighted by molar-refractivity contribution is -0.136. The molecule has 0 aromatic heterocycles. The molecule has 0 aliphatic rings. The first-order chi connectivity index (χ1) is 8.40. The third-order valence-corrected chi connectivity index (χ3v) is 3.40. The van der Waals surface area contributed by atoms with Gasteiger partial charge in [0.2, 0.25) is 0 Å². The predicted molar refractivity (Wildman–Crippen MR) is 77.4 cm³/mol. The van der Waals surface area contributed by atoms with E-state index in [1.165, 1.54) is 26.4 Å². The van der Waals surface area contributed by atoms with Crippen molar-refractivity contribution in [3.8, 4) is 0 Å². The Kier molecular flexibility index (Phi) is 8.78. The highest BCUT2D eigenvalue weighted by Crippen LogP contribution is 2.23. The van der Waals surface area contributed by atoms with E-state index in [0.717, 1.165) is 17.9 Å². The van der Waals surface area contributed by atoms with Crippen molar-refractivity contribution in [1.29, 1.82) is 0 Å². The number of ether oxygens (including phenoxy) is 1. The van der Waals surface area contributed by atoms with Gasteiger partial charge in [-0.15, -0.1) is 0 Å². The Labute approximate surface area is 113 Å². The van der Waals surface area contributed by atoms with Crippen molar-refractivity contribution < 1.29 is 9.53 Å². The summed E-state index contributed by atoms with van der Waals surface area (Å²) >= 11 is 0. The number of carbonyl (C=O) groups is 1. The van der Waals surface area contributed by atoms with Crippen LogP contribution in [-0.4, -0.2) is 13.1 Å². The average molecular weight is 254 g/mol. The van der Waals surface area contributed by atoms with Crippen LogP contribution < -0.4 is 0 Å². The van der Waals surface area contributed by atoms with E-state index in [1.807, 2.05) is 13.0 Å². The number of esters is 1. The Morgan fingerprint density at radius 3 is 2.28 bits per heavy atom. The van der Waals surface area contributed by atoms with Crippen LogP contribution >= 0.6 is 0 Å². The van der Waals surface area contributed by atoms with Gasteiger partial charge in [-0.1, -0.05) is 46.6 Å². The first-order valence-corrected chi connectivity index (χ1v) is 7.17. The largest absolute Gasteiger partial charge is 0.466 e. The standard InChI is InChI=1S/C16H30O2/c1-7-8-12(2)9-13(3)10-14(4)11-15(5)16(17)18-6/h11-14H,7-10H2,1-6H3/b15-11+/t12-,13-,14-/m1/s1. The van der Waals surface area contributed by atoms with Crippen LogP contribution in [0.2, 0.25) is 0 Å². The maximum atomic E-state index is 11.3. The Balaban J connectivity index is 4.14. The van der Waals surface area contributed by atoms with Crippen LogP contribution in [0.15, 0.2) is 11.6 Å². The molecular formula is C16H30O2. The maximum absolute atomic E-state index is 11.3. The van der Waals surface area contributed by atoms with Crippen molar-refractivity contribution in [2.75, 3.05) is 7.11 Å². The molecule has 0 aliphatic heterocycles. The Hall–Kier alpha value is -0.790. The van der Waals surface area contributed by atoms with Gasteiger partial charge in [-0.05, 0) is 37.5 Å². The summed E-state index contributed by atoms with van der Waals surface area (Å²) in [6.07, 6.45) is 7.04. The average Bonchev–Trinajstić information content (AvgIpc) is 2.27. The lowest BCUT2D eigenvalue weighted by atomic mass is 9.87. The van der Waals surface area contributed by atoms with Gasteiger partial charge < -0.3 is 4.74 Å². The van der Waals surface area contributed by atoms with Gasteiger partial charge in [0.05, 0.1) is 7.11 Å². The highest BCUT2D eigenvalue weighted by molar-refractivity contribution is 5.87. The molecule has 3 atom stereocenters. The smallest absolute Gasteiger partial charge is 0.333 e. The van der Waals surface area contributed by atoms with Crippen LogP contribution in [0.5, 0.6) is 0 Å². The maximum Gasteiger partial charge on any atom is 0.333 e. The van der Waals surface area contributed by atoms with Gasteiger partial charge >= 0.3 is 5.97 Å². The van der Waals surface area contributed by atoms with E-state index in [4.69, 9.17) is 4.74 Å². The molecule has 0 aromatic rings. The van der Waals surface area contributed by atoms with E-state index >= 15 is 0 Å². The van der Waals surface area contributed by atoms with Gasteiger partial charge in [-0.25, -0.2) is 4.79 Å². The van der Waals surface area contributed by atoms with E-state index in [0.29, 0.717) is 11.8 Å². The highest BCUT2D eigenvalue weighted by atomic mass is 16.5. The number of hydrogen-bond donors (Lipinski definition) is 0. The number of methoxy groups -OCH3 is 1. The first-order valence-electron chi connectivity index (χ1n) is 7.17. The number of rotatable bonds is 8. The summed E-state index contributed by atoms with van der Waals surface area (Å²) in [6, 6.07) is 0. The monoisotopic (exact) mass is 254 g/mol. The zero-order chi connectivity index (χ0) is 14.1. The fraction of sp³-hybridized carbons (Fsp3) is 0.812. The second-order valence-corrected chi connectivity index (χ2v) is 5.79. The van der Waals surface area contributed by atoms with Crippen LogP contribution in [0.25, 0.3) is 0 Å². The van der Waals surface area contributed by atoms with Crippen molar-refractivity contribution in [2.24, 2.45) is 17.8 Å². The molecule has 18 heavy (non-hydrogen) atoms. The molecule has 106 valence electrons. The van der Waals surface area contributed by atoms with E-state index in [1.54, 1.807) is 0 Å². The van der Waals surface area contributed by atoms with Gasteiger partial charge in [0.15, 0.2) is 0 Å². The van der Waals surface area contributed by atoms with Crippen molar-refractivity contribution >= 4 is 5.97 Å². The lowest BCUT2D eigenvalue weighted by Gasteiger charge is -2.19. The third-order valence-electron chi connectivity index (χ3n) is 3.40. The van der Waals surface area contributed by atoms with Crippen LogP contribution in [-0.2, 0) is 9.53 Å². The molecule has 0 amide bonds. The molecule has 2 heteroatoms. The Bertz CT molecular complexity index is 268. The summed E-state index contributed by atoms with van der Waals surface area (Å²) < 4.78 is 4.71. The molecule has 0 rings (SSSR count). The highest BCUT2D eigenvalue weighted by Gasteiger charge is 2.12. The van der Waals surface area contributed by atoms with Crippen molar-refractivity contribution in [2.45, 2.75) is 60.3 Å². The van der Waals surface area contributed by atoms with Gasteiger partial charge in [0, 0.05) is 5.57 Å². The van der Waals surface area contributed by atoms with Gasteiger partial charge in [-0.3, -0.25) is 0 Å². The summed E-state index contributed by atoms with van der Waals surface area (Å²) in [5, 5.41) is 0. The zero-order valence-corrected chi connectivity index (χ0v) is 13.0. The predicted octanol–water partition coefficient (Wildman–Crippen LogP) is 4.59. The molecule has 0 heterocycles. The van der Waals surface area contributed by atoms with Crippen molar-refractivity contribution in [3.05, 3.63) is 11.6 Å². The summed E-state index contributed by atoms with van der Waals surface area (Å²) in [5.74, 6) is 1.74. The molecule has 0 unspecified atom stereocenters. The number of allylic oxidation sites excluding steroid dienone is 1. The quantitative estimate of drug-likeness (QED) is 0.467. The minimum Gasteiger partial charge on any atom is -0.466 e. The zero-order valence-electron chi connectivity index (χ0n) is 13.0.